The summed E-state index contributed by atoms with van der Waals surface area (Å²) in [5.74, 6) is -0.410. The standard InChI is InChI=1S/C28H30F5N3O6S2/c1-2-44(39,40)22-9-3-17(4-10-22)23(11-12-37)35-25(38)24-14-34-27(43-24)36-15-21(13-19(36)16-41-26(29)30)42-20-7-5-18(6-8-20)28(31,32)33/h3-10,14,19,21,23,26,37H,2,11-13,15-16H2,1H3,(H,35,38)/t19-,21-,23-/m0/s1. The predicted octanol–water partition coefficient (Wildman–Crippen LogP) is 5.07. The summed E-state index contributed by atoms with van der Waals surface area (Å²) in [7, 11) is -3.42. The lowest BCUT2D eigenvalue weighted by Gasteiger charge is -2.23. The number of alkyl halides is 5. The quantitative estimate of drug-likeness (QED) is 0.244. The number of ether oxygens (including phenoxy) is 2. The van der Waals surface area contributed by atoms with Crippen molar-refractivity contribution in [3.63, 3.8) is 0 Å². The van der Waals surface area contributed by atoms with Crippen LogP contribution >= 0.6 is 11.3 Å². The number of rotatable bonds is 13. The van der Waals surface area contributed by atoms with Crippen LogP contribution in [0.5, 0.6) is 5.75 Å². The van der Waals surface area contributed by atoms with E-state index in [1.54, 1.807) is 17.0 Å². The maximum Gasteiger partial charge on any atom is 0.416 e. The first kappa shape index (κ1) is 33.6. The zero-order valence-corrected chi connectivity index (χ0v) is 25.0. The molecule has 240 valence electrons. The number of hydrogen-bond donors (Lipinski definition) is 2. The monoisotopic (exact) mass is 663 g/mol. The lowest BCUT2D eigenvalue weighted by molar-refractivity contribution is -0.137. The molecular weight excluding hydrogens is 633 g/mol. The number of hydrogen-bond acceptors (Lipinski definition) is 9. The number of thiazole rings is 1. The van der Waals surface area contributed by atoms with Gasteiger partial charge in [0, 0.05) is 13.0 Å². The molecule has 2 heterocycles. The molecule has 0 saturated carbocycles. The Balaban J connectivity index is 1.47. The molecule has 3 atom stereocenters. The second kappa shape index (κ2) is 14.2. The molecule has 4 rings (SSSR count). The number of nitrogens with one attached hydrogen (secondary N) is 1. The Morgan fingerprint density at radius 2 is 1.84 bits per heavy atom. The lowest BCUT2D eigenvalue weighted by Crippen LogP contribution is -2.34. The minimum absolute atomic E-state index is 0.0646. The molecule has 1 saturated heterocycles. The van der Waals surface area contributed by atoms with E-state index in [1.807, 2.05) is 0 Å². The number of carbonyl (C=O) groups is 1. The number of carbonyl (C=O) groups excluding carboxylic acids is 1. The fraction of sp³-hybridized carbons (Fsp3) is 0.429. The van der Waals surface area contributed by atoms with Gasteiger partial charge in [-0.2, -0.15) is 22.0 Å². The first-order chi connectivity index (χ1) is 20.8. The van der Waals surface area contributed by atoms with Crippen molar-refractivity contribution in [2.45, 2.75) is 55.6 Å². The van der Waals surface area contributed by atoms with Crippen LogP contribution < -0.4 is 15.0 Å². The molecule has 0 aliphatic carbocycles. The molecular formula is C28H30F5N3O6S2. The molecule has 3 aromatic rings. The highest BCUT2D eigenvalue weighted by molar-refractivity contribution is 7.91. The summed E-state index contributed by atoms with van der Waals surface area (Å²) >= 11 is 0.991. The second-order valence-electron chi connectivity index (χ2n) is 9.92. The van der Waals surface area contributed by atoms with Gasteiger partial charge < -0.3 is 24.8 Å². The lowest BCUT2D eigenvalue weighted by atomic mass is 10.0. The first-order valence-electron chi connectivity index (χ1n) is 13.5. The van der Waals surface area contributed by atoms with Crippen molar-refractivity contribution in [3.8, 4) is 5.75 Å². The average molecular weight is 664 g/mol. The molecule has 1 aliphatic heterocycles. The Morgan fingerprint density at radius 1 is 1.16 bits per heavy atom. The fourth-order valence-electron chi connectivity index (χ4n) is 4.71. The van der Waals surface area contributed by atoms with Gasteiger partial charge in [-0.15, -0.1) is 0 Å². The van der Waals surface area contributed by atoms with Gasteiger partial charge in [-0.25, -0.2) is 13.4 Å². The van der Waals surface area contributed by atoms with E-state index in [1.165, 1.54) is 37.4 Å². The smallest absolute Gasteiger partial charge is 0.416 e. The maximum atomic E-state index is 13.1. The molecule has 44 heavy (non-hydrogen) atoms. The van der Waals surface area contributed by atoms with Crippen LogP contribution in [0.1, 0.15) is 46.6 Å². The summed E-state index contributed by atoms with van der Waals surface area (Å²) < 4.78 is 99.0. The number of anilines is 1. The van der Waals surface area contributed by atoms with Crippen LogP contribution in [0, 0.1) is 0 Å². The van der Waals surface area contributed by atoms with Crippen LogP contribution in [-0.2, 0) is 20.8 Å². The molecule has 16 heteroatoms. The summed E-state index contributed by atoms with van der Waals surface area (Å²) in [5, 5.41) is 12.7. The summed E-state index contributed by atoms with van der Waals surface area (Å²) in [4.78, 5) is 19.4. The molecule has 0 unspecified atom stereocenters. The van der Waals surface area contributed by atoms with Crippen LogP contribution in [0.25, 0.3) is 0 Å². The Kier molecular flexibility index (Phi) is 10.8. The topological polar surface area (TPSA) is 118 Å². The average Bonchev–Trinajstić information content (AvgIpc) is 3.63. The molecule has 0 radical (unpaired) electrons. The highest BCUT2D eigenvalue weighted by Gasteiger charge is 2.37. The van der Waals surface area contributed by atoms with Gasteiger partial charge in [0.25, 0.3) is 5.91 Å². The van der Waals surface area contributed by atoms with Crippen molar-refractivity contribution >= 4 is 32.2 Å². The third-order valence-corrected chi connectivity index (χ3v) is 9.77. The summed E-state index contributed by atoms with van der Waals surface area (Å²) in [5.41, 5.74) is -0.253. The number of nitrogens with zero attached hydrogens (tertiary/aromatic N) is 2. The highest BCUT2D eigenvalue weighted by Crippen LogP contribution is 2.34. The zero-order valence-electron chi connectivity index (χ0n) is 23.3. The number of amides is 1. The molecule has 1 aromatic heterocycles. The molecule has 1 aliphatic rings. The van der Waals surface area contributed by atoms with Gasteiger partial charge in [-0.1, -0.05) is 30.4 Å². The van der Waals surface area contributed by atoms with Crippen molar-refractivity contribution in [1.29, 1.82) is 0 Å². The maximum absolute atomic E-state index is 13.1. The Bertz CT molecular complexity index is 1500. The molecule has 2 N–H and O–H groups in total. The van der Waals surface area contributed by atoms with Crippen LogP contribution in [0.4, 0.5) is 27.1 Å². The number of aliphatic hydroxyl groups is 1. The molecule has 2 aromatic carbocycles. The van der Waals surface area contributed by atoms with Crippen molar-refractivity contribution < 1.29 is 49.7 Å². The number of aromatic nitrogens is 1. The van der Waals surface area contributed by atoms with E-state index in [0.717, 1.165) is 23.5 Å². The predicted molar refractivity (Wildman–Crippen MR) is 152 cm³/mol. The van der Waals surface area contributed by atoms with Gasteiger partial charge in [0.1, 0.15) is 16.7 Å². The molecule has 1 fully saturated rings. The summed E-state index contributed by atoms with van der Waals surface area (Å²) in [6.45, 7) is -1.98. The molecule has 0 spiro atoms. The molecule has 1 amide bonds. The largest absolute Gasteiger partial charge is 0.489 e. The number of aliphatic hydroxyl groups excluding tert-OH is 1. The first-order valence-corrected chi connectivity index (χ1v) is 16.0. The van der Waals surface area contributed by atoms with Crippen LogP contribution in [0.2, 0.25) is 0 Å². The van der Waals surface area contributed by atoms with E-state index < -0.39 is 52.3 Å². The van der Waals surface area contributed by atoms with Gasteiger partial charge in [-0.05, 0) is 48.4 Å². The minimum Gasteiger partial charge on any atom is -0.489 e. The molecule has 0 bridgehead atoms. The third-order valence-electron chi connectivity index (χ3n) is 6.98. The van der Waals surface area contributed by atoms with Crippen LogP contribution in [0.15, 0.2) is 59.6 Å². The Hall–Kier alpha value is -3.34. The highest BCUT2D eigenvalue weighted by atomic mass is 32.2. The second-order valence-corrected chi connectivity index (χ2v) is 13.2. The van der Waals surface area contributed by atoms with Crippen LogP contribution in [0.3, 0.4) is 0 Å². The van der Waals surface area contributed by atoms with Gasteiger partial charge in [0.15, 0.2) is 15.0 Å². The van der Waals surface area contributed by atoms with E-state index in [9.17, 15) is 40.3 Å². The fourth-order valence-corrected chi connectivity index (χ4v) is 6.49. The SMILES string of the molecule is CCS(=O)(=O)c1ccc([C@H](CCO)NC(=O)c2cnc(N3C[C@@H](Oc4ccc(C(F)(F)F)cc4)C[C@H]3COC(F)F)s2)cc1. The van der Waals surface area contributed by atoms with Crippen molar-refractivity contribution in [2.75, 3.05) is 30.4 Å². The summed E-state index contributed by atoms with van der Waals surface area (Å²) in [6, 6.07) is 8.88. The zero-order chi connectivity index (χ0) is 32.1. The van der Waals surface area contributed by atoms with Crippen molar-refractivity contribution in [2.24, 2.45) is 0 Å². The van der Waals surface area contributed by atoms with Crippen LogP contribution in [-0.4, -0.2) is 68.7 Å². The van der Waals surface area contributed by atoms with Crippen molar-refractivity contribution in [1.82, 2.24) is 10.3 Å². The number of benzene rings is 2. The Morgan fingerprint density at radius 3 is 2.43 bits per heavy atom. The third kappa shape index (κ3) is 8.43. The van der Waals surface area contributed by atoms with E-state index in [-0.39, 0.29) is 53.9 Å². The van der Waals surface area contributed by atoms with Gasteiger partial charge in [-0.3, -0.25) is 4.79 Å². The van der Waals surface area contributed by atoms with E-state index >= 15 is 0 Å². The van der Waals surface area contributed by atoms with E-state index in [2.05, 4.69) is 15.0 Å². The minimum atomic E-state index is -4.50. The van der Waals surface area contributed by atoms with E-state index in [4.69, 9.17) is 4.74 Å². The molecule has 9 nitrogen and oxygen atoms in total. The summed E-state index contributed by atoms with van der Waals surface area (Å²) in [6.07, 6.45) is -3.42. The van der Waals surface area contributed by atoms with Crippen molar-refractivity contribution in [3.05, 3.63) is 70.7 Å². The van der Waals surface area contributed by atoms with Gasteiger partial charge in [0.05, 0.1) is 47.6 Å². The van der Waals surface area contributed by atoms with Gasteiger partial charge >= 0.3 is 12.8 Å². The van der Waals surface area contributed by atoms with E-state index in [0.29, 0.717) is 10.7 Å². The normalized spacial score (nSPS) is 18.0. The van der Waals surface area contributed by atoms with Gasteiger partial charge in [0.2, 0.25) is 0 Å². The Labute approximate surface area is 254 Å². The number of sulfone groups is 1. The number of halogens is 5.